The molecule has 0 fully saturated rings. The molecule has 0 aromatic rings. The molecule has 4 atom stereocenters. The van der Waals surface area contributed by atoms with Gasteiger partial charge in [-0.15, -0.1) is 0 Å². The third-order valence-electron chi connectivity index (χ3n) is 1.39. The number of hydrogen-bond acceptors (Lipinski definition) is 5. The number of carbonyl (C=O) groups excluding carboxylic acids is 1. The Bertz CT molecular complexity index is 142. The lowest BCUT2D eigenvalue weighted by Gasteiger charge is -2.22. The summed E-state index contributed by atoms with van der Waals surface area (Å²) in [6.07, 6.45) is -3.82. The molecule has 72 valence electrons. The molecule has 0 aliphatic heterocycles. The fraction of sp³-hybridized carbons (Fsp3) is 0.833. The summed E-state index contributed by atoms with van der Waals surface area (Å²) < 4.78 is -0.793. The van der Waals surface area contributed by atoms with Gasteiger partial charge in [0.2, 0.25) is 0 Å². The molecule has 0 bridgehead atoms. The Kier molecular flexibility index (Phi) is 5.93. The molecule has 4 N–H and O–H groups in total. The predicted molar refractivity (Wildman–Crippen MR) is 49.0 cm³/mol. The average Bonchev–Trinajstić information content (AvgIpc) is 2.12. The number of halogens is 1. The first-order valence-corrected chi connectivity index (χ1v) is 4.53. The van der Waals surface area contributed by atoms with E-state index in [1.165, 1.54) is 0 Å². The van der Waals surface area contributed by atoms with Gasteiger partial charge >= 0.3 is 0 Å². The van der Waals surface area contributed by atoms with Gasteiger partial charge in [0.05, 0.1) is 10.5 Å². The van der Waals surface area contributed by atoms with Crippen molar-refractivity contribution in [1.82, 2.24) is 0 Å². The molecule has 6 heteroatoms. The molecular weight excluding hydrogens is 279 g/mol. The van der Waals surface area contributed by atoms with Crippen molar-refractivity contribution in [2.24, 2.45) is 0 Å². The van der Waals surface area contributed by atoms with Gasteiger partial charge in [0.25, 0.3) is 0 Å². The summed E-state index contributed by atoms with van der Waals surface area (Å²) in [5, 5.41) is 35.5. The molecule has 0 radical (unpaired) electrons. The molecule has 0 heterocycles. The Hall–Kier alpha value is 0.240. The smallest absolute Gasteiger partial charge is 0.135 e. The highest BCUT2D eigenvalue weighted by molar-refractivity contribution is 14.1. The monoisotopic (exact) mass is 290 g/mol. The normalized spacial score (nSPS) is 21.1. The quantitative estimate of drug-likeness (QED) is 0.268. The fourth-order valence-corrected chi connectivity index (χ4v) is 1.03. The van der Waals surface area contributed by atoms with E-state index < -0.39 is 28.8 Å². The minimum atomic E-state index is -1.50. The first kappa shape index (κ1) is 12.2. The zero-order valence-corrected chi connectivity index (χ0v) is 8.33. The summed E-state index contributed by atoms with van der Waals surface area (Å²) in [7, 11) is 0. The van der Waals surface area contributed by atoms with Gasteiger partial charge in [0.15, 0.2) is 0 Å². The molecular formula is C6H11IO5. The summed E-state index contributed by atoms with van der Waals surface area (Å²) in [6.45, 7) is -0.652. The Labute approximate surface area is 83.2 Å². The zero-order chi connectivity index (χ0) is 9.72. The van der Waals surface area contributed by atoms with Crippen LogP contribution in [0.25, 0.3) is 0 Å². The van der Waals surface area contributed by atoms with E-state index in [0.717, 1.165) is 0 Å². The number of rotatable bonds is 5. The van der Waals surface area contributed by atoms with Crippen LogP contribution in [-0.2, 0) is 4.79 Å². The van der Waals surface area contributed by atoms with Crippen LogP contribution in [0.1, 0.15) is 0 Å². The summed E-state index contributed by atoms with van der Waals surface area (Å²) in [5.41, 5.74) is 0. The van der Waals surface area contributed by atoms with E-state index in [4.69, 9.17) is 20.4 Å². The lowest BCUT2D eigenvalue weighted by molar-refractivity contribution is -0.113. The van der Waals surface area contributed by atoms with Gasteiger partial charge in [0, 0.05) is 0 Å². The molecule has 0 saturated heterocycles. The van der Waals surface area contributed by atoms with Crippen molar-refractivity contribution in [1.29, 1.82) is 0 Å². The van der Waals surface area contributed by atoms with Crippen LogP contribution >= 0.6 is 22.6 Å². The second kappa shape index (κ2) is 5.81. The Morgan fingerprint density at radius 1 is 1.25 bits per heavy atom. The highest BCUT2D eigenvalue weighted by atomic mass is 127. The number of aldehydes is 1. The maximum atomic E-state index is 10.1. The maximum absolute atomic E-state index is 10.1. The van der Waals surface area contributed by atoms with Crippen molar-refractivity contribution in [2.75, 3.05) is 6.61 Å². The molecule has 0 unspecified atom stereocenters. The molecule has 5 nitrogen and oxygen atoms in total. The van der Waals surface area contributed by atoms with Crippen LogP contribution in [0.5, 0.6) is 0 Å². The van der Waals surface area contributed by atoms with Gasteiger partial charge in [-0.05, 0) is 0 Å². The lowest BCUT2D eigenvalue weighted by Crippen LogP contribution is -2.44. The molecule has 0 aliphatic rings. The lowest BCUT2D eigenvalue weighted by atomic mass is 10.1. The Morgan fingerprint density at radius 3 is 2.08 bits per heavy atom. The predicted octanol–water partition coefficient (Wildman–Crippen LogP) is -1.94. The Morgan fingerprint density at radius 2 is 1.75 bits per heavy atom. The van der Waals surface area contributed by atoms with Gasteiger partial charge in [-0.1, -0.05) is 22.6 Å². The molecule has 0 rings (SSSR count). The first-order valence-electron chi connectivity index (χ1n) is 3.29. The van der Waals surface area contributed by atoms with Crippen LogP contribution < -0.4 is 0 Å². The van der Waals surface area contributed by atoms with E-state index >= 15 is 0 Å². The molecule has 0 spiro atoms. The van der Waals surface area contributed by atoms with E-state index in [1.807, 2.05) is 0 Å². The summed E-state index contributed by atoms with van der Waals surface area (Å²) in [4.78, 5) is 10.1. The van der Waals surface area contributed by atoms with Gasteiger partial charge in [-0.3, -0.25) is 0 Å². The molecule has 0 amide bonds. The third-order valence-corrected chi connectivity index (χ3v) is 2.42. The van der Waals surface area contributed by atoms with Gasteiger partial charge in [-0.2, -0.15) is 0 Å². The van der Waals surface area contributed by atoms with E-state index in [-0.39, 0.29) is 0 Å². The topological polar surface area (TPSA) is 98.0 Å². The second-order valence-corrected chi connectivity index (χ2v) is 3.75. The van der Waals surface area contributed by atoms with Crippen LogP contribution in [0.15, 0.2) is 0 Å². The van der Waals surface area contributed by atoms with Crippen LogP contribution in [-0.4, -0.2) is 55.6 Å². The number of alkyl halides is 1. The van der Waals surface area contributed by atoms with Gasteiger partial charge < -0.3 is 25.2 Å². The van der Waals surface area contributed by atoms with Crippen molar-refractivity contribution in [3.63, 3.8) is 0 Å². The second-order valence-electron chi connectivity index (χ2n) is 2.31. The number of hydrogen-bond donors (Lipinski definition) is 4. The largest absolute Gasteiger partial charge is 0.394 e. The van der Waals surface area contributed by atoms with Crippen LogP contribution in [0, 0.1) is 0 Å². The molecule has 0 aromatic heterocycles. The fourth-order valence-electron chi connectivity index (χ4n) is 0.604. The standard InChI is InChI=1S/C6H11IO5/c7-3(1-8)5(11)6(12)4(10)2-9/h1,3-6,9-12H,2H2/t3-,4-,5-,6+/m1/s1. The molecule has 0 aromatic carbocycles. The maximum Gasteiger partial charge on any atom is 0.135 e. The van der Waals surface area contributed by atoms with Crippen molar-refractivity contribution in [3.8, 4) is 0 Å². The van der Waals surface area contributed by atoms with E-state index in [1.54, 1.807) is 22.6 Å². The first-order chi connectivity index (χ1) is 5.54. The van der Waals surface area contributed by atoms with E-state index in [2.05, 4.69) is 0 Å². The number of aliphatic hydroxyl groups excluding tert-OH is 4. The molecule has 12 heavy (non-hydrogen) atoms. The summed E-state index contributed by atoms with van der Waals surface area (Å²) in [5.74, 6) is 0. The van der Waals surface area contributed by atoms with Gasteiger partial charge in [-0.25, -0.2) is 0 Å². The molecule has 0 aliphatic carbocycles. The van der Waals surface area contributed by atoms with Crippen LogP contribution in [0.3, 0.4) is 0 Å². The van der Waals surface area contributed by atoms with Crippen molar-refractivity contribution in [2.45, 2.75) is 22.2 Å². The van der Waals surface area contributed by atoms with E-state index in [0.29, 0.717) is 6.29 Å². The Balaban J connectivity index is 4.07. The SMILES string of the molecule is O=C[C@@H](I)[C@@H](O)[C@@H](O)[C@H](O)CO. The highest BCUT2D eigenvalue weighted by Crippen LogP contribution is 2.10. The third kappa shape index (κ3) is 3.31. The number of carbonyl (C=O) groups is 1. The van der Waals surface area contributed by atoms with Crippen molar-refractivity contribution >= 4 is 28.9 Å². The number of aliphatic hydroxyl groups is 4. The van der Waals surface area contributed by atoms with Crippen molar-refractivity contribution < 1.29 is 25.2 Å². The van der Waals surface area contributed by atoms with Crippen LogP contribution in [0.4, 0.5) is 0 Å². The summed E-state index contributed by atoms with van der Waals surface area (Å²) in [6, 6.07) is 0. The van der Waals surface area contributed by atoms with Crippen molar-refractivity contribution in [3.05, 3.63) is 0 Å². The van der Waals surface area contributed by atoms with Gasteiger partial charge in [0.1, 0.15) is 24.6 Å². The minimum absolute atomic E-state index is 0.457. The zero-order valence-electron chi connectivity index (χ0n) is 6.17. The highest BCUT2D eigenvalue weighted by Gasteiger charge is 2.29. The minimum Gasteiger partial charge on any atom is -0.394 e. The van der Waals surface area contributed by atoms with E-state index in [9.17, 15) is 4.79 Å². The molecule has 0 saturated carbocycles. The summed E-state index contributed by atoms with van der Waals surface area (Å²) >= 11 is 1.63. The average molecular weight is 290 g/mol. The van der Waals surface area contributed by atoms with Crippen LogP contribution in [0.2, 0.25) is 0 Å².